The molecular weight excluding hydrogens is 371 g/mol. The van der Waals surface area contributed by atoms with Crippen LogP contribution in [0.3, 0.4) is 0 Å². The summed E-state index contributed by atoms with van der Waals surface area (Å²) in [5.74, 6) is 0.912. The van der Waals surface area contributed by atoms with Crippen molar-refractivity contribution in [2.45, 2.75) is 24.4 Å². The van der Waals surface area contributed by atoms with Gasteiger partial charge in [0.05, 0.1) is 0 Å². The Morgan fingerprint density at radius 3 is 2.46 bits per heavy atom. The van der Waals surface area contributed by atoms with Crippen LogP contribution in [0.5, 0.6) is 0 Å². The van der Waals surface area contributed by atoms with E-state index in [0.29, 0.717) is 16.3 Å². The Morgan fingerprint density at radius 2 is 1.85 bits per heavy atom. The number of benzene rings is 2. The summed E-state index contributed by atoms with van der Waals surface area (Å²) in [7, 11) is 4.01. The summed E-state index contributed by atoms with van der Waals surface area (Å²) in [6.07, 6.45) is 0. The quantitative estimate of drug-likeness (QED) is 0.547. The molecule has 26 heavy (non-hydrogen) atoms. The lowest BCUT2D eigenvalue weighted by Crippen LogP contribution is -2.08. The fourth-order valence-corrected chi connectivity index (χ4v) is 3.96. The van der Waals surface area contributed by atoms with E-state index in [1.807, 2.05) is 42.6 Å². The number of nitrogens with zero attached hydrogens (tertiary/aromatic N) is 4. The Hall–Kier alpha value is -2.05. The molecule has 0 aliphatic rings. The zero-order valence-corrected chi connectivity index (χ0v) is 16.5. The first-order valence-corrected chi connectivity index (χ1v) is 9.64. The van der Waals surface area contributed by atoms with Gasteiger partial charge < -0.3 is 9.47 Å². The Balaban J connectivity index is 1.84. The summed E-state index contributed by atoms with van der Waals surface area (Å²) in [5, 5.41) is 9.81. The average Bonchev–Trinajstić information content (AvgIpc) is 3.04. The van der Waals surface area contributed by atoms with Crippen molar-refractivity contribution in [1.29, 1.82) is 0 Å². The van der Waals surface area contributed by atoms with E-state index in [0.717, 1.165) is 28.8 Å². The van der Waals surface area contributed by atoms with Crippen LogP contribution in [0.1, 0.15) is 12.5 Å². The second-order valence-corrected chi connectivity index (χ2v) is 7.33. The molecule has 0 radical (unpaired) electrons. The van der Waals surface area contributed by atoms with Crippen LogP contribution >= 0.6 is 23.4 Å². The summed E-state index contributed by atoms with van der Waals surface area (Å²) >= 11 is 7.54. The van der Waals surface area contributed by atoms with E-state index in [9.17, 15) is 4.39 Å². The Kier molecular flexibility index (Phi) is 5.84. The molecule has 0 spiro atoms. The van der Waals surface area contributed by atoms with Gasteiger partial charge in [-0.3, -0.25) is 0 Å². The topological polar surface area (TPSA) is 34.0 Å². The van der Waals surface area contributed by atoms with E-state index in [-0.39, 0.29) is 5.82 Å². The minimum atomic E-state index is -0.299. The second-order valence-electron chi connectivity index (χ2n) is 5.98. The van der Waals surface area contributed by atoms with Crippen LogP contribution in [0.25, 0.3) is 11.4 Å². The first kappa shape index (κ1) is 18.7. The second kappa shape index (κ2) is 8.10. The monoisotopic (exact) mass is 390 g/mol. The molecule has 4 nitrogen and oxygen atoms in total. The van der Waals surface area contributed by atoms with Crippen LogP contribution in [0.4, 0.5) is 10.1 Å². The van der Waals surface area contributed by atoms with Crippen LogP contribution in [0.2, 0.25) is 5.02 Å². The van der Waals surface area contributed by atoms with Gasteiger partial charge in [-0.1, -0.05) is 29.4 Å². The third-order valence-corrected chi connectivity index (χ3v) is 5.43. The van der Waals surface area contributed by atoms with Crippen LogP contribution < -0.4 is 4.90 Å². The van der Waals surface area contributed by atoms with Crippen molar-refractivity contribution in [1.82, 2.24) is 14.8 Å². The SMILES string of the molecule is CCn1c(SCc2c(F)cccc2Cl)nnc1-c1ccc(N(C)C)cc1. The van der Waals surface area contributed by atoms with Crippen molar-refractivity contribution in [3.8, 4) is 11.4 Å². The minimum absolute atomic E-state index is 0.299. The van der Waals surface area contributed by atoms with Crippen molar-refractivity contribution in [3.05, 3.63) is 58.9 Å². The van der Waals surface area contributed by atoms with Gasteiger partial charge in [0.15, 0.2) is 11.0 Å². The van der Waals surface area contributed by atoms with Gasteiger partial charge >= 0.3 is 0 Å². The van der Waals surface area contributed by atoms with E-state index >= 15 is 0 Å². The molecule has 0 unspecified atom stereocenters. The molecule has 0 saturated carbocycles. The number of aromatic nitrogens is 3. The third-order valence-electron chi connectivity index (χ3n) is 4.08. The molecule has 3 rings (SSSR count). The fourth-order valence-electron chi connectivity index (χ4n) is 2.61. The van der Waals surface area contributed by atoms with E-state index in [2.05, 4.69) is 22.3 Å². The molecule has 0 amide bonds. The summed E-state index contributed by atoms with van der Waals surface area (Å²) in [4.78, 5) is 2.05. The maximum absolute atomic E-state index is 14.0. The highest BCUT2D eigenvalue weighted by atomic mass is 35.5. The minimum Gasteiger partial charge on any atom is -0.378 e. The zero-order valence-electron chi connectivity index (χ0n) is 14.9. The summed E-state index contributed by atoms with van der Waals surface area (Å²) in [6.45, 7) is 2.77. The molecule has 0 aliphatic heterocycles. The Morgan fingerprint density at radius 1 is 1.12 bits per heavy atom. The lowest BCUT2D eigenvalue weighted by Gasteiger charge is -2.13. The standard InChI is InChI=1S/C19H20ClFN4S/c1-4-25-18(13-8-10-14(11-9-13)24(2)3)22-23-19(25)26-12-15-16(20)6-5-7-17(15)21/h5-11H,4,12H2,1-3H3. The van der Waals surface area contributed by atoms with E-state index < -0.39 is 0 Å². The Bertz CT molecular complexity index is 873. The largest absolute Gasteiger partial charge is 0.378 e. The zero-order chi connectivity index (χ0) is 18.7. The molecule has 2 aromatic carbocycles. The normalized spacial score (nSPS) is 11.0. The Labute approximate surface area is 162 Å². The highest BCUT2D eigenvalue weighted by Crippen LogP contribution is 2.30. The number of thioether (sulfide) groups is 1. The maximum atomic E-state index is 14.0. The maximum Gasteiger partial charge on any atom is 0.191 e. The third kappa shape index (κ3) is 3.86. The van der Waals surface area contributed by atoms with Crippen LogP contribution in [-0.4, -0.2) is 28.9 Å². The van der Waals surface area contributed by atoms with Gasteiger partial charge in [0.1, 0.15) is 5.82 Å². The summed E-state index contributed by atoms with van der Waals surface area (Å²) in [6, 6.07) is 12.9. The molecule has 0 N–H and O–H groups in total. The van der Waals surface area contributed by atoms with Crippen molar-refractivity contribution >= 4 is 29.1 Å². The van der Waals surface area contributed by atoms with E-state index in [1.54, 1.807) is 12.1 Å². The van der Waals surface area contributed by atoms with E-state index in [4.69, 9.17) is 11.6 Å². The van der Waals surface area contributed by atoms with Gasteiger partial charge in [0.25, 0.3) is 0 Å². The molecule has 136 valence electrons. The summed E-state index contributed by atoms with van der Waals surface area (Å²) < 4.78 is 16.0. The number of halogens is 2. The molecule has 1 aromatic heterocycles. The molecule has 3 aromatic rings. The van der Waals surface area contributed by atoms with Gasteiger partial charge in [-0.05, 0) is 43.3 Å². The van der Waals surface area contributed by atoms with Crippen molar-refractivity contribution in [2.24, 2.45) is 0 Å². The van der Waals surface area contributed by atoms with Crippen molar-refractivity contribution in [3.63, 3.8) is 0 Å². The lowest BCUT2D eigenvalue weighted by molar-refractivity contribution is 0.617. The van der Waals surface area contributed by atoms with E-state index in [1.165, 1.54) is 17.8 Å². The number of anilines is 1. The van der Waals surface area contributed by atoms with Gasteiger partial charge in [-0.15, -0.1) is 10.2 Å². The molecule has 0 fully saturated rings. The number of rotatable bonds is 6. The molecular formula is C19H20ClFN4S. The van der Waals surface area contributed by atoms with Crippen LogP contribution in [0, 0.1) is 5.82 Å². The predicted octanol–water partition coefficient (Wildman–Crippen LogP) is 5.12. The van der Waals surface area contributed by atoms with Crippen molar-refractivity contribution in [2.75, 3.05) is 19.0 Å². The van der Waals surface area contributed by atoms with Crippen molar-refractivity contribution < 1.29 is 4.39 Å². The number of hydrogen-bond donors (Lipinski definition) is 0. The van der Waals surface area contributed by atoms with Gasteiger partial charge in [0.2, 0.25) is 0 Å². The van der Waals surface area contributed by atoms with Gasteiger partial charge in [-0.25, -0.2) is 4.39 Å². The molecule has 0 atom stereocenters. The highest BCUT2D eigenvalue weighted by Gasteiger charge is 2.15. The molecule has 0 bridgehead atoms. The lowest BCUT2D eigenvalue weighted by atomic mass is 10.2. The average molecular weight is 391 g/mol. The van der Waals surface area contributed by atoms with Crippen LogP contribution in [-0.2, 0) is 12.3 Å². The molecule has 7 heteroatoms. The molecule has 0 aliphatic carbocycles. The van der Waals surface area contributed by atoms with Crippen LogP contribution in [0.15, 0.2) is 47.6 Å². The van der Waals surface area contributed by atoms with Gasteiger partial charge in [-0.2, -0.15) is 0 Å². The first-order chi connectivity index (χ1) is 12.5. The number of hydrogen-bond acceptors (Lipinski definition) is 4. The van der Waals surface area contributed by atoms with Gasteiger partial charge in [0, 0.05) is 48.2 Å². The first-order valence-electron chi connectivity index (χ1n) is 8.28. The predicted molar refractivity (Wildman–Crippen MR) is 106 cm³/mol. The smallest absolute Gasteiger partial charge is 0.191 e. The molecule has 1 heterocycles. The fraction of sp³-hybridized carbons (Fsp3) is 0.263. The highest BCUT2D eigenvalue weighted by molar-refractivity contribution is 7.98. The molecule has 0 saturated heterocycles. The summed E-state index contributed by atoms with van der Waals surface area (Å²) in [5.41, 5.74) is 2.61.